The molecule has 2 heteroatoms. The van der Waals surface area contributed by atoms with E-state index >= 15 is 0 Å². The molecule has 3 rings (SSSR count). The maximum Gasteiger partial charge on any atom is 0.123 e. The number of rotatable bonds is 4. The second-order valence-corrected chi connectivity index (χ2v) is 7.24. The van der Waals surface area contributed by atoms with Gasteiger partial charge in [-0.3, -0.25) is 0 Å². The van der Waals surface area contributed by atoms with Crippen molar-refractivity contribution in [2.45, 2.75) is 70.4 Å². The Labute approximate surface area is 122 Å². The molecule has 2 aliphatic rings. The summed E-state index contributed by atoms with van der Waals surface area (Å²) in [6, 6.07) is 6.71. The first-order valence-corrected chi connectivity index (χ1v) is 8.11. The van der Waals surface area contributed by atoms with Gasteiger partial charge in [0.2, 0.25) is 0 Å². The molecule has 110 valence electrons. The summed E-state index contributed by atoms with van der Waals surface area (Å²) < 4.78 is 5.93. The predicted molar refractivity (Wildman–Crippen MR) is 83.0 cm³/mol. The zero-order valence-electron chi connectivity index (χ0n) is 12.8. The van der Waals surface area contributed by atoms with Gasteiger partial charge in [-0.25, -0.2) is 0 Å². The molecule has 1 saturated carbocycles. The fraction of sp³-hybridized carbons (Fsp3) is 0.667. The molecule has 1 aromatic rings. The largest absolute Gasteiger partial charge is 0.487 e. The fourth-order valence-electron chi connectivity index (χ4n) is 3.74. The van der Waals surface area contributed by atoms with E-state index in [1.807, 2.05) is 0 Å². The SMILES string of the molecule is CC1(C)Cc2cc(C(N)CCC3CCCC3)ccc2O1. The van der Waals surface area contributed by atoms with Gasteiger partial charge in [-0.1, -0.05) is 37.8 Å². The Balaban J connectivity index is 1.62. The van der Waals surface area contributed by atoms with Gasteiger partial charge in [0, 0.05) is 12.5 Å². The van der Waals surface area contributed by atoms with E-state index in [0.29, 0.717) is 0 Å². The Kier molecular flexibility index (Phi) is 3.76. The van der Waals surface area contributed by atoms with Crippen LogP contribution in [0.2, 0.25) is 0 Å². The Morgan fingerprint density at radius 2 is 2.05 bits per heavy atom. The van der Waals surface area contributed by atoms with Crippen molar-refractivity contribution in [2.75, 3.05) is 0 Å². The number of ether oxygens (including phenoxy) is 1. The summed E-state index contributed by atoms with van der Waals surface area (Å²) in [6.45, 7) is 4.29. The van der Waals surface area contributed by atoms with Crippen LogP contribution in [0.4, 0.5) is 0 Å². The molecule has 0 aromatic heterocycles. The van der Waals surface area contributed by atoms with Gasteiger partial charge in [-0.05, 0) is 49.8 Å². The van der Waals surface area contributed by atoms with Crippen LogP contribution in [0.5, 0.6) is 5.75 Å². The van der Waals surface area contributed by atoms with E-state index in [9.17, 15) is 0 Å². The molecule has 2 nitrogen and oxygen atoms in total. The van der Waals surface area contributed by atoms with Crippen molar-refractivity contribution in [3.05, 3.63) is 29.3 Å². The molecule has 0 amide bonds. The lowest BCUT2D eigenvalue weighted by Crippen LogP contribution is -2.24. The molecular formula is C18H27NO. The highest BCUT2D eigenvalue weighted by molar-refractivity contribution is 5.42. The van der Waals surface area contributed by atoms with Crippen LogP contribution in [0, 0.1) is 5.92 Å². The second-order valence-electron chi connectivity index (χ2n) is 7.24. The number of benzene rings is 1. The summed E-state index contributed by atoms with van der Waals surface area (Å²) in [5.41, 5.74) is 8.94. The molecule has 1 unspecified atom stereocenters. The summed E-state index contributed by atoms with van der Waals surface area (Å²) >= 11 is 0. The van der Waals surface area contributed by atoms with Crippen molar-refractivity contribution in [1.29, 1.82) is 0 Å². The van der Waals surface area contributed by atoms with E-state index in [4.69, 9.17) is 10.5 Å². The molecule has 0 radical (unpaired) electrons. The minimum absolute atomic E-state index is 0.0606. The van der Waals surface area contributed by atoms with Crippen LogP contribution in [0.3, 0.4) is 0 Å². The van der Waals surface area contributed by atoms with E-state index in [-0.39, 0.29) is 11.6 Å². The monoisotopic (exact) mass is 273 g/mol. The molecular weight excluding hydrogens is 246 g/mol. The standard InChI is InChI=1S/C18H27NO/c1-18(2)12-15-11-14(8-10-17(15)20-18)16(19)9-7-13-5-3-4-6-13/h8,10-11,13,16H,3-7,9,12,19H2,1-2H3. The third-order valence-electron chi connectivity index (χ3n) is 4.88. The first-order chi connectivity index (χ1) is 9.53. The maximum atomic E-state index is 6.39. The summed E-state index contributed by atoms with van der Waals surface area (Å²) in [5, 5.41) is 0. The number of hydrogen-bond donors (Lipinski definition) is 1. The molecule has 1 atom stereocenters. The van der Waals surface area contributed by atoms with Gasteiger partial charge in [0.1, 0.15) is 11.4 Å². The van der Waals surface area contributed by atoms with E-state index in [2.05, 4.69) is 32.0 Å². The number of hydrogen-bond acceptors (Lipinski definition) is 2. The zero-order chi connectivity index (χ0) is 14.2. The Morgan fingerprint density at radius 3 is 2.80 bits per heavy atom. The van der Waals surface area contributed by atoms with Gasteiger partial charge in [0.25, 0.3) is 0 Å². The van der Waals surface area contributed by atoms with E-state index in [1.54, 1.807) is 0 Å². The third kappa shape index (κ3) is 3.01. The highest BCUT2D eigenvalue weighted by Crippen LogP contribution is 2.37. The van der Waals surface area contributed by atoms with Crippen LogP contribution in [0.15, 0.2) is 18.2 Å². The lowest BCUT2D eigenvalue weighted by molar-refractivity contribution is 0.138. The molecule has 1 fully saturated rings. The highest BCUT2D eigenvalue weighted by atomic mass is 16.5. The van der Waals surface area contributed by atoms with E-state index in [1.165, 1.54) is 43.2 Å². The number of fused-ring (bicyclic) bond motifs is 1. The van der Waals surface area contributed by atoms with Gasteiger partial charge in [0.05, 0.1) is 0 Å². The average Bonchev–Trinajstić information content (AvgIpc) is 2.99. The summed E-state index contributed by atoms with van der Waals surface area (Å²) in [5.74, 6) is 1.97. The lowest BCUT2D eigenvalue weighted by Gasteiger charge is -2.16. The molecule has 20 heavy (non-hydrogen) atoms. The first kappa shape index (κ1) is 13.9. The molecule has 1 aliphatic carbocycles. The topological polar surface area (TPSA) is 35.2 Å². The smallest absolute Gasteiger partial charge is 0.123 e. The Bertz CT molecular complexity index is 474. The van der Waals surface area contributed by atoms with Gasteiger partial charge in [0.15, 0.2) is 0 Å². The Hall–Kier alpha value is -1.02. The third-order valence-corrected chi connectivity index (χ3v) is 4.88. The predicted octanol–water partition coefficient (Wildman–Crippen LogP) is 4.37. The van der Waals surface area contributed by atoms with Crippen molar-refractivity contribution in [2.24, 2.45) is 11.7 Å². The summed E-state index contributed by atoms with van der Waals surface area (Å²) in [4.78, 5) is 0. The van der Waals surface area contributed by atoms with Crippen molar-refractivity contribution in [3.63, 3.8) is 0 Å². The minimum Gasteiger partial charge on any atom is -0.487 e. The van der Waals surface area contributed by atoms with Gasteiger partial charge in [-0.2, -0.15) is 0 Å². The van der Waals surface area contributed by atoms with Crippen molar-refractivity contribution in [3.8, 4) is 5.75 Å². The van der Waals surface area contributed by atoms with Crippen molar-refractivity contribution < 1.29 is 4.74 Å². The minimum atomic E-state index is -0.0606. The molecule has 1 heterocycles. The first-order valence-electron chi connectivity index (χ1n) is 8.11. The molecule has 0 saturated heterocycles. The highest BCUT2D eigenvalue weighted by Gasteiger charge is 2.30. The van der Waals surface area contributed by atoms with Crippen LogP contribution in [0.1, 0.15) is 69.5 Å². The summed E-state index contributed by atoms with van der Waals surface area (Å²) in [6.07, 6.45) is 9.08. The van der Waals surface area contributed by atoms with Crippen LogP contribution in [-0.2, 0) is 6.42 Å². The van der Waals surface area contributed by atoms with Gasteiger partial charge < -0.3 is 10.5 Å². The van der Waals surface area contributed by atoms with E-state index < -0.39 is 0 Å². The molecule has 0 spiro atoms. The van der Waals surface area contributed by atoms with E-state index in [0.717, 1.165) is 24.5 Å². The van der Waals surface area contributed by atoms with Crippen LogP contribution < -0.4 is 10.5 Å². The van der Waals surface area contributed by atoms with Crippen molar-refractivity contribution >= 4 is 0 Å². The van der Waals surface area contributed by atoms with Gasteiger partial charge in [-0.15, -0.1) is 0 Å². The quantitative estimate of drug-likeness (QED) is 0.884. The van der Waals surface area contributed by atoms with Crippen LogP contribution in [-0.4, -0.2) is 5.60 Å². The molecule has 1 aromatic carbocycles. The maximum absolute atomic E-state index is 6.39. The second kappa shape index (κ2) is 5.40. The zero-order valence-corrected chi connectivity index (χ0v) is 12.8. The van der Waals surface area contributed by atoms with Crippen LogP contribution >= 0.6 is 0 Å². The summed E-state index contributed by atoms with van der Waals surface area (Å²) in [7, 11) is 0. The van der Waals surface area contributed by atoms with Gasteiger partial charge >= 0.3 is 0 Å². The molecule has 2 N–H and O–H groups in total. The normalized spacial score (nSPS) is 22.6. The Morgan fingerprint density at radius 1 is 1.30 bits per heavy atom. The average molecular weight is 273 g/mol. The number of nitrogens with two attached hydrogens (primary N) is 1. The molecule has 0 bridgehead atoms. The molecule has 1 aliphatic heterocycles. The fourth-order valence-corrected chi connectivity index (χ4v) is 3.74. The van der Waals surface area contributed by atoms with Crippen molar-refractivity contribution in [1.82, 2.24) is 0 Å². The lowest BCUT2D eigenvalue weighted by atomic mass is 9.93. The van der Waals surface area contributed by atoms with Crippen LogP contribution in [0.25, 0.3) is 0 Å².